The fourth-order valence-electron chi connectivity index (χ4n) is 1.92. The number of methoxy groups -OCH3 is 1. The van der Waals surface area contributed by atoms with Gasteiger partial charge in [-0.25, -0.2) is 0 Å². The molecule has 1 N–H and O–H groups in total. The van der Waals surface area contributed by atoms with Crippen molar-refractivity contribution < 1.29 is 14.3 Å². The molecule has 1 aliphatic heterocycles. The van der Waals surface area contributed by atoms with Gasteiger partial charge in [0.2, 0.25) is 0 Å². The van der Waals surface area contributed by atoms with E-state index in [0.29, 0.717) is 13.0 Å². The van der Waals surface area contributed by atoms with Gasteiger partial charge in [0.05, 0.1) is 19.1 Å². The Morgan fingerprint density at radius 2 is 2.24 bits per heavy atom. The van der Waals surface area contributed by atoms with Crippen molar-refractivity contribution in [2.45, 2.75) is 39.7 Å². The summed E-state index contributed by atoms with van der Waals surface area (Å²) in [6.45, 7) is 7.97. The second-order valence-electron chi connectivity index (χ2n) is 5.70. The summed E-state index contributed by atoms with van der Waals surface area (Å²) in [5, 5.41) is 0. The molecule has 0 amide bonds. The lowest BCUT2D eigenvalue weighted by atomic mass is 9.92. The van der Waals surface area contributed by atoms with E-state index in [1.807, 2.05) is 0 Å². The molecule has 0 unspecified atom stereocenters. The molecule has 0 aromatic heterocycles. The van der Waals surface area contributed by atoms with Gasteiger partial charge in [0.25, 0.3) is 0 Å². The second kappa shape index (κ2) is 5.43. The van der Waals surface area contributed by atoms with Crippen LogP contribution >= 0.6 is 0 Å². The van der Waals surface area contributed by atoms with E-state index < -0.39 is 0 Å². The van der Waals surface area contributed by atoms with Gasteiger partial charge in [-0.2, -0.15) is 0 Å². The lowest BCUT2D eigenvalue weighted by molar-refractivity contribution is -0.146. The number of ether oxygens (including phenoxy) is 1. The van der Waals surface area contributed by atoms with Crippen molar-refractivity contribution in [3.63, 3.8) is 0 Å². The Morgan fingerprint density at radius 1 is 1.59 bits per heavy atom. The van der Waals surface area contributed by atoms with Crippen molar-refractivity contribution in [3.8, 4) is 0 Å². The van der Waals surface area contributed by atoms with E-state index >= 15 is 0 Å². The van der Waals surface area contributed by atoms with Crippen LogP contribution in [0.15, 0.2) is 0 Å². The summed E-state index contributed by atoms with van der Waals surface area (Å²) in [7, 11) is 1.40. The molecule has 1 aliphatic rings. The molecular formula is C12H22N3O2+. The largest absolute Gasteiger partial charge is 0.468 e. The van der Waals surface area contributed by atoms with Gasteiger partial charge in [-0.05, 0) is 11.8 Å². The predicted molar refractivity (Wildman–Crippen MR) is 64.1 cm³/mol. The van der Waals surface area contributed by atoms with Crippen molar-refractivity contribution in [2.75, 3.05) is 20.2 Å². The molecule has 0 aromatic carbocycles. The van der Waals surface area contributed by atoms with Gasteiger partial charge >= 0.3 is 11.7 Å². The number of rotatable bonds is 3. The van der Waals surface area contributed by atoms with E-state index in [1.165, 1.54) is 7.11 Å². The molecular weight excluding hydrogens is 218 g/mol. The first-order valence-corrected chi connectivity index (χ1v) is 5.91. The van der Waals surface area contributed by atoms with Crippen molar-refractivity contribution in [3.05, 3.63) is 0 Å². The van der Waals surface area contributed by atoms with E-state index in [4.69, 9.17) is 10.3 Å². The fraction of sp³-hybridized carbons (Fsp3) is 0.833. The smallest absolute Gasteiger partial charge is 0.334 e. The third-order valence-electron chi connectivity index (χ3n) is 3.04. The maximum absolute atomic E-state index is 11.6. The van der Waals surface area contributed by atoms with E-state index in [-0.39, 0.29) is 17.4 Å². The van der Waals surface area contributed by atoms with Crippen LogP contribution in [0.2, 0.25) is 0 Å². The maximum atomic E-state index is 11.6. The summed E-state index contributed by atoms with van der Waals surface area (Å²) in [6.07, 6.45) is 1.53. The third kappa shape index (κ3) is 3.95. The van der Waals surface area contributed by atoms with E-state index in [2.05, 4.69) is 30.5 Å². The van der Waals surface area contributed by atoms with Crippen LogP contribution in [0.3, 0.4) is 0 Å². The van der Waals surface area contributed by atoms with Crippen LogP contribution in [0.4, 0.5) is 0 Å². The molecule has 5 nitrogen and oxygen atoms in total. The van der Waals surface area contributed by atoms with E-state index in [1.54, 1.807) is 0 Å². The molecule has 0 spiro atoms. The minimum Gasteiger partial charge on any atom is -0.468 e. The molecule has 1 heterocycles. The lowest BCUT2D eigenvalue weighted by Crippen LogP contribution is -2.38. The first kappa shape index (κ1) is 13.9. The highest BCUT2D eigenvalue weighted by atomic mass is 16.5. The summed E-state index contributed by atoms with van der Waals surface area (Å²) < 4.78 is 4.79. The molecule has 0 bridgehead atoms. The molecule has 1 rings (SSSR count). The molecule has 1 saturated heterocycles. The second-order valence-corrected chi connectivity index (χ2v) is 5.70. The highest BCUT2D eigenvalue weighted by Crippen LogP contribution is 2.22. The number of nitrogens with zero attached hydrogens (tertiary/aromatic N) is 2. The normalized spacial score (nSPS) is 21.4. The highest BCUT2D eigenvalue weighted by Gasteiger charge is 2.40. The van der Waals surface area contributed by atoms with E-state index in [9.17, 15) is 4.79 Å². The van der Waals surface area contributed by atoms with Crippen molar-refractivity contribution in [1.29, 1.82) is 5.53 Å². The Balaban J connectivity index is 2.67. The van der Waals surface area contributed by atoms with Crippen molar-refractivity contribution >= 4 is 11.7 Å². The van der Waals surface area contributed by atoms with Crippen LogP contribution in [0.25, 0.3) is 0 Å². The van der Waals surface area contributed by atoms with Gasteiger partial charge in [-0.3, -0.25) is 9.69 Å². The molecule has 0 aliphatic carbocycles. The number of carbonyl (C=O) groups excluding carboxylic acids is 1. The van der Waals surface area contributed by atoms with Gasteiger partial charge in [-0.1, -0.05) is 20.8 Å². The summed E-state index contributed by atoms with van der Waals surface area (Å²) in [5.41, 5.74) is 8.04. The summed E-state index contributed by atoms with van der Waals surface area (Å²) in [4.78, 5) is 17.2. The zero-order chi connectivity index (χ0) is 13.1. The highest BCUT2D eigenvalue weighted by molar-refractivity contribution is 5.91. The third-order valence-corrected chi connectivity index (χ3v) is 3.04. The van der Waals surface area contributed by atoms with Gasteiger partial charge in [0.1, 0.15) is 12.6 Å². The van der Waals surface area contributed by atoms with Crippen LogP contribution in [0.5, 0.6) is 0 Å². The average Bonchev–Trinajstić information content (AvgIpc) is 2.67. The van der Waals surface area contributed by atoms with Crippen LogP contribution < -0.4 is 0 Å². The molecule has 96 valence electrons. The van der Waals surface area contributed by atoms with Crippen LogP contribution in [0.1, 0.15) is 33.6 Å². The number of carbonyl (C=O) groups is 1. The number of esters is 1. The van der Waals surface area contributed by atoms with Gasteiger partial charge < -0.3 is 4.74 Å². The monoisotopic (exact) mass is 240 g/mol. The fourth-order valence-corrected chi connectivity index (χ4v) is 1.92. The zero-order valence-electron chi connectivity index (χ0n) is 11.1. The summed E-state index contributed by atoms with van der Waals surface area (Å²) >= 11 is 0. The van der Waals surface area contributed by atoms with Crippen molar-refractivity contribution in [1.82, 2.24) is 4.90 Å². The standard InChI is InChI=1S/C12H22N3O2/c1-12(2,3)5-6-15-8-9(14-13)7-10(15)11(16)17-4/h10,13H,5-8H2,1-4H3/q+1/t10-/m0/s1. The maximum Gasteiger partial charge on any atom is 0.334 e. The zero-order valence-corrected chi connectivity index (χ0v) is 11.1. The van der Waals surface area contributed by atoms with Crippen LogP contribution in [0, 0.1) is 10.9 Å². The van der Waals surface area contributed by atoms with Gasteiger partial charge in [-0.15, -0.1) is 0 Å². The summed E-state index contributed by atoms with van der Waals surface area (Å²) in [6, 6.07) is -0.258. The molecule has 0 radical (unpaired) electrons. The predicted octanol–water partition coefficient (Wildman–Crippen LogP) is 1.35. The van der Waals surface area contributed by atoms with E-state index in [0.717, 1.165) is 18.7 Å². The summed E-state index contributed by atoms with van der Waals surface area (Å²) in [5.74, 6) is -0.224. The number of hydrogen-bond acceptors (Lipinski definition) is 4. The molecule has 1 atom stereocenters. The minimum atomic E-state index is -0.258. The van der Waals surface area contributed by atoms with Crippen molar-refractivity contribution in [2.24, 2.45) is 5.41 Å². The molecule has 0 saturated carbocycles. The molecule has 5 heteroatoms. The lowest BCUT2D eigenvalue weighted by Gasteiger charge is -2.25. The number of hydrogen-bond donors (Lipinski definition) is 1. The first-order chi connectivity index (χ1) is 7.87. The number of nitrogens with one attached hydrogen (secondary N) is 1. The quantitative estimate of drug-likeness (QED) is 0.460. The topological polar surface area (TPSA) is 67.5 Å². The molecule has 17 heavy (non-hydrogen) atoms. The minimum absolute atomic E-state index is 0.224. The average molecular weight is 240 g/mol. The Morgan fingerprint density at radius 3 is 2.71 bits per heavy atom. The Bertz CT molecular complexity index is 340. The Labute approximate surface area is 102 Å². The Kier molecular flexibility index (Phi) is 4.43. The van der Waals surface area contributed by atoms with Gasteiger partial charge in [0.15, 0.2) is 0 Å². The van der Waals surface area contributed by atoms with Crippen LogP contribution in [-0.2, 0) is 9.53 Å². The number of likely N-dealkylation sites (tertiary alicyclic amines) is 1. The first-order valence-electron chi connectivity index (χ1n) is 5.91. The molecule has 1 fully saturated rings. The molecule has 0 aromatic rings. The SMILES string of the molecule is COC(=O)[C@@H]1CC(=[N+]=N)CN1CCC(C)(C)C. The Hall–Kier alpha value is -1.19. The van der Waals surface area contributed by atoms with Crippen LogP contribution in [-0.4, -0.2) is 47.6 Å². The van der Waals surface area contributed by atoms with Gasteiger partial charge in [0, 0.05) is 11.3 Å².